The molecule has 2 aromatic rings. The van der Waals surface area contributed by atoms with Crippen LogP contribution in [0.1, 0.15) is 43.8 Å². The zero-order valence-electron chi connectivity index (χ0n) is 11.9. The van der Waals surface area contributed by atoms with Crippen molar-refractivity contribution in [3.63, 3.8) is 0 Å². The second kappa shape index (κ2) is 5.90. The Kier molecular flexibility index (Phi) is 3.93. The lowest BCUT2D eigenvalue weighted by molar-refractivity contribution is 0.0684. The minimum atomic E-state index is -1.17. The molecule has 7 nitrogen and oxygen atoms in total. The first-order valence-corrected chi connectivity index (χ1v) is 7.29. The molecule has 1 aliphatic rings. The third kappa shape index (κ3) is 2.73. The molecule has 3 rings (SSSR count). The van der Waals surface area contributed by atoms with Crippen molar-refractivity contribution in [3.8, 4) is 0 Å². The average Bonchev–Trinajstić information content (AvgIpc) is 2.98. The van der Waals surface area contributed by atoms with Crippen LogP contribution in [-0.2, 0) is 6.42 Å². The van der Waals surface area contributed by atoms with Gasteiger partial charge in [-0.1, -0.05) is 29.5 Å². The van der Waals surface area contributed by atoms with Gasteiger partial charge in [0.25, 0.3) is 0 Å². The number of carbonyl (C=O) groups excluding carboxylic acids is 1. The number of nitrogens with zero attached hydrogens (tertiary/aromatic N) is 1. The molecule has 1 aromatic carbocycles. The van der Waals surface area contributed by atoms with Crippen molar-refractivity contribution < 1.29 is 19.2 Å². The highest BCUT2D eigenvalue weighted by molar-refractivity contribution is 7.81. The maximum atomic E-state index is 11.3. The lowest BCUT2D eigenvalue weighted by Crippen LogP contribution is -2.35. The molecule has 0 fully saturated rings. The maximum absolute atomic E-state index is 11.3. The van der Waals surface area contributed by atoms with Crippen molar-refractivity contribution in [2.75, 3.05) is 6.54 Å². The molecule has 0 saturated heterocycles. The number of thiocarbonyl (C=S) groups is 1. The van der Waals surface area contributed by atoms with Crippen LogP contribution in [0.25, 0.3) is 0 Å². The smallest absolute Gasteiger partial charge is 0.358 e. The van der Waals surface area contributed by atoms with Gasteiger partial charge in [-0.25, -0.2) is 4.79 Å². The number of fused-ring (bicyclic) bond motifs is 1. The first-order valence-electron chi connectivity index (χ1n) is 6.88. The number of aromatic carboxylic acids is 1. The van der Waals surface area contributed by atoms with Crippen molar-refractivity contribution >= 4 is 29.0 Å². The molecule has 1 amide bonds. The summed E-state index contributed by atoms with van der Waals surface area (Å²) in [6, 6.07) is 6.09. The van der Waals surface area contributed by atoms with Gasteiger partial charge in [-0.15, -0.1) is 0 Å². The first kappa shape index (κ1) is 15.3. The summed E-state index contributed by atoms with van der Waals surface area (Å²) in [5.41, 5.74) is 6.54. The minimum absolute atomic E-state index is 0.148. The van der Waals surface area contributed by atoms with Crippen LogP contribution in [0.2, 0.25) is 0 Å². The molecular weight excluding hydrogens is 318 g/mol. The zero-order valence-corrected chi connectivity index (χ0v) is 12.7. The van der Waals surface area contributed by atoms with Crippen LogP contribution in [0, 0.1) is 0 Å². The number of carboxylic acids is 1. The normalized spacial score (nSPS) is 16.6. The number of benzene rings is 1. The molecule has 0 bridgehead atoms. The van der Waals surface area contributed by atoms with E-state index in [1.807, 2.05) is 0 Å². The zero-order chi connectivity index (χ0) is 16.6. The van der Waals surface area contributed by atoms with E-state index in [0.29, 0.717) is 40.3 Å². The molecule has 118 valence electrons. The van der Waals surface area contributed by atoms with E-state index in [2.05, 4.69) is 10.5 Å². The molecule has 0 saturated carbocycles. The van der Waals surface area contributed by atoms with E-state index in [9.17, 15) is 14.7 Å². The topological polar surface area (TPSA) is 118 Å². The van der Waals surface area contributed by atoms with Crippen LogP contribution in [0.4, 0.5) is 0 Å². The Morgan fingerprint density at radius 2 is 2.13 bits per heavy atom. The Morgan fingerprint density at radius 1 is 1.39 bits per heavy atom. The number of carboxylic acid groups (broad SMARTS) is 1. The Balaban J connectivity index is 2.02. The fourth-order valence-electron chi connectivity index (χ4n) is 2.61. The molecule has 0 aliphatic carbocycles. The van der Waals surface area contributed by atoms with E-state index in [-0.39, 0.29) is 5.69 Å². The third-order valence-corrected chi connectivity index (χ3v) is 4.16. The van der Waals surface area contributed by atoms with E-state index < -0.39 is 17.9 Å². The maximum Gasteiger partial charge on any atom is 0.358 e. The van der Waals surface area contributed by atoms with Gasteiger partial charge in [0, 0.05) is 23.4 Å². The summed E-state index contributed by atoms with van der Waals surface area (Å²) in [5.74, 6) is -1.21. The molecule has 1 unspecified atom stereocenters. The number of nitrogens with one attached hydrogen (secondary N) is 1. The van der Waals surface area contributed by atoms with Gasteiger partial charge in [0.05, 0.1) is 11.6 Å². The van der Waals surface area contributed by atoms with Gasteiger partial charge in [-0.2, -0.15) is 0 Å². The predicted octanol–water partition coefficient (Wildman–Crippen LogP) is 1.08. The number of rotatable bonds is 4. The number of primary amides is 1. The van der Waals surface area contributed by atoms with Crippen molar-refractivity contribution in [2.24, 2.45) is 5.73 Å². The van der Waals surface area contributed by atoms with Gasteiger partial charge >= 0.3 is 5.97 Å². The summed E-state index contributed by atoms with van der Waals surface area (Å²) in [5, 5.41) is 16.1. The molecular formula is C15H13N3O4S. The van der Waals surface area contributed by atoms with E-state index in [1.54, 1.807) is 24.3 Å². The molecule has 8 heteroatoms. The Morgan fingerprint density at radius 3 is 2.83 bits per heavy atom. The number of hydrogen-bond donors (Lipinski definition) is 3. The van der Waals surface area contributed by atoms with Crippen molar-refractivity contribution in [1.82, 2.24) is 10.5 Å². The molecule has 0 radical (unpaired) electrons. The predicted molar refractivity (Wildman–Crippen MR) is 84.6 cm³/mol. The fraction of sp³-hybridized carbons (Fsp3) is 0.200. The monoisotopic (exact) mass is 331 g/mol. The highest BCUT2D eigenvalue weighted by Crippen LogP contribution is 2.30. The summed E-state index contributed by atoms with van der Waals surface area (Å²) in [7, 11) is 0. The highest BCUT2D eigenvalue weighted by atomic mass is 32.1. The van der Waals surface area contributed by atoms with Crippen LogP contribution < -0.4 is 11.1 Å². The fourth-order valence-corrected chi connectivity index (χ4v) is 2.94. The Bertz CT molecular complexity index is 815. The Hall–Kier alpha value is -2.58. The molecule has 1 aromatic heterocycles. The number of amides is 1. The number of aromatic nitrogens is 1. The van der Waals surface area contributed by atoms with E-state index in [4.69, 9.17) is 22.5 Å². The second-order valence-corrected chi connectivity index (χ2v) is 5.56. The summed E-state index contributed by atoms with van der Waals surface area (Å²) < 4.78 is 5.12. The second-order valence-electron chi connectivity index (χ2n) is 5.12. The van der Waals surface area contributed by atoms with Crippen molar-refractivity contribution in [1.29, 1.82) is 0 Å². The third-order valence-electron chi connectivity index (χ3n) is 3.69. The number of hydrogen-bond acceptors (Lipinski definition) is 6. The molecule has 23 heavy (non-hydrogen) atoms. The van der Waals surface area contributed by atoms with Crippen molar-refractivity contribution in [3.05, 3.63) is 52.4 Å². The van der Waals surface area contributed by atoms with Crippen LogP contribution in [0.15, 0.2) is 28.8 Å². The highest BCUT2D eigenvalue weighted by Gasteiger charge is 2.33. The lowest BCUT2D eigenvalue weighted by atomic mass is 9.92. The quantitative estimate of drug-likeness (QED) is 0.566. The average molecular weight is 331 g/mol. The minimum Gasteiger partial charge on any atom is -0.476 e. The van der Waals surface area contributed by atoms with Gasteiger partial charge in [0.2, 0.25) is 5.91 Å². The molecule has 4 N–H and O–H groups in total. The summed E-state index contributed by atoms with van der Waals surface area (Å²) in [6.45, 7) is 0.585. The Labute approximate surface area is 136 Å². The van der Waals surface area contributed by atoms with E-state index in [0.717, 1.165) is 0 Å². The van der Waals surface area contributed by atoms with Gasteiger partial charge in [-0.3, -0.25) is 4.79 Å². The van der Waals surface area contributed by atoms with Crippen LogP contribution in [-0.4, -0.2) is 33.5 Å². The summed E-state index contributed by atoms with van der Waals surface area (Å²) >= 11 is 5.50. The van der Waals surface area contributed by atoms with Crippen molar-refractivity contribution in [2.45, 2.75) is 12.5 Å². The molecule has 1 aliphatic heterocycles. The largest absolute Gasteiger partial charge is 0.476 e. The molecule has 1 atom stereocenters. The van der Waals surface area contributed by atoms with Crippen LogP contribution >= 0.6 is 12.2 Å². The lowest BCUT2D eigenvalue weighted by Gasteiger charge is -2.24. The van der Waals surface area contributed by atoms with Gasteiger partial charge < -0.3 is 20.7 Å². The SMILES string of the molecule is NC(=O)c1cccc(C(=S)C2NCCc3onc(C(=O)O)c32)c1. The van der Waals surface area contributed by atoms with E-state index >= 15 is 0 Å². The standard InChI is InChI=1S/C15H13N3O4S/c16-14(19)8-3-1-2-7(6-8)13(23)11-10-9(4-5-17-11)22-18-12(10)15(20)21/h1-3,6,11,17H,4-5H2,(H2,16,19)(H,20,21). The number of nitrogens with two attached hydrogens (primary N) is 1. The first-order chi connectivity index (χ1) is 11.0. The van der Waals surface area contributed by atoms with Crippen LogP contribution in [0.5, 0.6) is 0 Å². The summed E-state index contributed by atoms with van der Waals surface area (Å²) in [6.07, 6.45) is 0.538. The van der Waals surface area contributed by atoms with Gasteiger partial charge in [-0.05, 0) is 17.7 Å². The summed E-state index contributed by atoms with van der Waals surface area (Å²) in [4.78, 5) is 23.1. The van der Waals surface area contributed by atoms with Gasteiger partial charge in [0.15, 0.2) is 5.69 Å². The van der Waals surface area contributed by atoms with E-state index in [1.165, 1.54) is 0 Å². The van der Waals surface area contributed by atoms with Crippen LogP contribution in [0.3, 0.4) is 0 Å². The van der Waals surface area contributed by atoms with Gasteiger partial charge in [0.1, 0.15) is 5.76 Å². The number of carbonyl (C=O) groups is 2. The molecule has 0 spiro atoms. The molecule has 2 heterocycles.